The minimum Gasteiger partial charge on any atom is -0.496 e. The second-order valence-corrected chi connectivity index (χ2v) is 6.56. The lowest BCUT2D eigenvalue weighted by molar-refractivity contribution is 0.412. The lowest BCUT2D eigenvalue weighted by Gasteiger charge is -2.13. The first kappa shape index (κ1) is 17.3. The van der Waals surface area contributed by atoms with Crippen LogP contribution in [0.2, 0.25) is 0 Å². The summed E-state index contributed by atoms with van der Waals surface area (Å²) in [6.07, 6.45) is 7.37. The Balaban J connectivity index is 1.45. The first-order valence-corrected chi connectivity index (χ1v) is 8.88. The SMILES string of the molecule is COc1cc(CNC2CC2)ccc1C1=CC(Nc2cnc(C#N)cn2)NN1. The Morgan fingerprint density at radius 3 is 2.89 bits per heavy atom. The van der Waals surface area contributed by atoms with Gasteiger partial charge in [0.1, 0.15) is 23.8 Å². The highest BCUT2D eigenvalue weighted by Crippen LogP contribution is 2.28. The summed E-state index contributed by atoms with van der Waals surface area (Å²) in [6.45, 7) is 0.855. The molecule has 2 aliphatic rings. The predicted octanol–water partition coefficient (Wildman–Crippen LogP) is 1.50. The van der Waals surface area contributed by atoms with E-state index >= 15 is 0 Å². The summed E-state index contributed by atoms with van der Waals surface area (Å²) in [4.78, 5) is 8.18. The third-order valence-corrected chi connectivity index (χ3v) is 4.49. The van der Waals surface area contributed by atoms with E-state index in [-0.39, 0.29) is 11.9 Å². The molecule has 1 aliphatic heterocycles. The molecule has 8 heteroatoms. The Bertz CT molecular complexity index is 884. The van der Waals surface area contributed by atoms with Crippen molar-refractivity contribution in [2.45, 2.75) is 31.6 Å². The van der Waals surface area contributed by atoms with Crippen LogP contribution in [0.1, 0.15) is 29.7 Å². The minimum absolute atomic E-state index is 0.164. The van der Waals surface area contributed by atoms with Crippen LogP contribution < -0.4 is 26.2 Å². The lowest BCUT2D eigenvalue weighted by Crippen LogP contribution is -2.37. The van der Waals surface area contributed by atoms with Crippen molar-refractivity contribution in [2.75, 3.05) is 12.4 Å². The van der Waals surface area contributed by atoms with E-state index in [0.717, 1.165) is 23.6 Å². The average molecular weight is 363 g/mol. The van der Waals surface area contributed by atoms with Crippen molar-refractivity contribution in [1.29, 1.82) is 5.26 Å². The number of ether oxygens (including phenoxy) is 1. The second-order valence-electron chi connectivity index (χ2n) is 6.56. The van der Waals surface area contributed by atoms with E-state index in [9.17, 15) is 0 Å². The number of rotatable bonds is 7. The van der Waals surface area contributed by atoms with Crippen LogP contribution in [0.15, 0.2) is 36.7 Å². The molecule has 8 nitrogen and oxygen atoms in total. The smallest absolute Gasteiger partial charge is 0.158 e. The van der Waals surface area contributed by atoms with Crippen LogP contribution >= 0.6 is 0 Å². The Hall–Kier alpha value is -3.15. The quantitative estimate of drug-likeness (QED) is 0.586. The highest BCUT2D eigenvalue weighted by Gasteiger charge is 2.21. The molecule has 1 saturated carbocycles. The molecule has 0 amide bonds. The van der Waals surface area contributed by atoms with Crippen molar-refractivity contribution in [3.63, 3.8) is 0 Å². The van der Waals surface area contributed by atoms with Crippen LogP contribution in [-0.2, 0) is 6.54 Å². The summed E-state index contributed by atoms with van der Waals surface area (Å²) in [5.74, 6) is 1.41. The monoisotopic (exact) mass is 363 g/mol. The highest BCUT2D eigenvalue weighted by atomic mass is 16.5. The Labute approximate surface area is 157 Å². The van der Waals surface area contributed by atoms with Crippen LogP contribution in [0, 0.1) is 11.3 Å². The summed E-state index contributed by atoms with van der Waals surface area (Å²) < 4.78 is 5.59. The molecule has 1 aliphatic carbocycles. The molecule has 2 aromatic rings. The van der Waals surface area contributed by atoms with Gasteiger partial charge in [-0.2, -0.15) is 5.26 Å². The molecule has 1 aromatic heterocycles. The van der Waals surface area contributed by atoms with Gasteiger partial charge in [-0.15, -0.1) is 0 Å². The van der Waals surface area contributed by atoms with Gasteiger partial charge in [-0.1, -0.05) is 6.07 Å². The van der Waals surface area contributed by atoms with Gasteiger partial charge in [0.15, 0.2) is 5.69 Å². The maximum Gasteiger partial charge on any atom is 0.158 e. The fourth-order valence-electron chi connectivity index (χ4n) is 2.88. The van der Waals surface area contributed by atoms with Crippen molar-refractivity contribution >= 4 is 11.5 Å². The topological polar surface area (TPSA) is 107 Å². The number of hydrogen-bond donors (Lipinski definition) is 4. The Morgan fingerprint density at radius 1 is 1.30 bits per heavy atom. The third-order valence-electron chi connectivity index (χ3n) is 4.49. The summed E-state index contributed by atoms with van der Waals surface area (Å²) in [7, 11) is 1.68. The van der Waals surface area contributed by atoms with E-state index in [1.165, 1.54) is 30.8 Å². The number of anilines is 1. The number of benzene rings is 1. The molecule has 4 rings (SSSR count). The van der Waals surface area contributed by atoms with Crippen molar-refractivity contribution < 1.29 is 4.74 Å². The number of methoxy groups -OCH3 is 1. The third kappa shape index (κ3) is 4.16. The van der Waals surface area contributed by atoms with Crippen molar-refractivity contribution in [2.24, 2.45) is 0 Å². The van der Waals surface area contributed by atoms with Gasteiger partial charge < -0.3 is 20.8 Å². The Morgan fingerprint density at radius 2 is 2.19 bits per heavy atom. The number of nitrogens with one attached hydrogen (secondary N) is 4. The van der Waals surface area contributed by atoms with Crippen LogP contribution in [0.5, 0.6) is 5.75 Å². The van der Waals surface area contributed by atoms with Gasteiger partial charge in [-0.25, -0.2) is 15.4 Å². The normalized spacial score (nSPS) is 18.4. The lowest BCUT2D eigenvalue weighted by atomic mass is 10.1. The number of hydrogen-bond acceptors (Lipinski definition) is 8. The average Bonchev–Trinajstić information content (AvgIpc) is 3.44. The van der Waals surface area contributed by atoms with Crippen LogP contribution in [0.3, 0.4) is 0 Å². The molecule has 2 heterocycles. The number of nitriles is 1. The molecule has 1 unspecified atom stereocenters. The van der Waals surface area contributed by atoms with E-state index in [0.29, 0.717) is 11.9 Å². The summed E-state index contributed by atoms with van der Waals surface area (Å²) >= 11 is 0. The minimum atomic E-state index is -0.164. The zero-order valence-corrected chi connectivity index (χ0v) is 15.0. The standard InChI is InChI=1S/C19H21N7O/c1-27-17-6-12(9-21-13-3-4-13)2-5-15(17)16-7-18(26-25-16)24-19-11-22-14(8-20)10-23-19/h2,5-7,10-11,13,18,21,25-26H,3-4,9H2,1H3,(H,23,24). The van der Waals surface area contributed by atoms with Crippen LogP contribution in [0.4, 0.5) is 5.82 Å². The van der Waals surface area contributed by atoms with Crippen LogP contribution in [0.25, 0.3) is 5.70 Å². The molecular formula is C19H21N7O. The zero-order chi connectivity index (χ0) is 18.6. The van der Waals surface area contributed by atoms with Crippen LogP contribution in [-0.4, -0.2) is 29.3 Å². The molecule has 138 valence electrons. The largest absolute Gasteiger partial charge is 0.496 e. The maximum atomic E-state index is 8.79. The second kappa shape index (κ2) is 7.61. The molecule has 0 saturated heterocycles. The highest BCUT2D eigenvalue weighted by molar-refractivity contribution is 5.71. The number of hydrazine groups is 1. The van der Waals surface area contributed by atoms with E-state index in [2.05, 4.69) is 49.7 Å². The molecule has 4 N–H and O–H groups in total. The van der Waals surface area contributed by atoms with Gasteiger partial charge in [-0.05, 0) is 36.6 Å². The van der Waals surface area contributed by atoms with E-state index < -0.39 is 0 Å². The number of aromatic nitrogens is 2. The van der Waals surface area contributed by atoms with E-state index in [1.54, 1.807) is 7.11 Å². The number of nitrogens with zero attached hydrogens (tertiary/aromatic N) is 3. The summed E-state index contributed by atoms with van der Waals surface area (Å²) in [5, 5.41) is 15.5. The predicted molar refractivity (Wildman–Crippen MR) is 101 cm³/mol. The molecule has 0 spiro atoms. The summed E-state index contributed by atoms with van der Waals surface area (Å²) in [6, 6.07) is 8.88. The van der Waals surface area contributed by atoms with Crippen molar-refractivity contribution in [3.05, 3.63) is 53.5 Å². The van der Waals surface area contributed by atoms with Gasteiger partial charge in [0.25, 0.3) is 0 Å². The Kier molecular flexibility index (Phi) is 4.87. The fourth-order valence-corrected chi connectivity index (χ4v) is 2.88. The molecule has 0 radical (unpaired) electrons. The van der Waals surface area contributed by atoms with Crippen molar-refractivity contribution in [3.8, 4) is 11.8 Å². The molecule has 1 atom stereocenters. The molecule has 0 bridgehead atoms. The summed E-state index contributed by atoms with van der Waals surface area (Å²) in [5.41, 5.74) is 9.71. The molecule has 1 aromatic carbocycles. The molecule has 27 heavy (non-hydrogen) atoms. The van der Waals surface area contributed by atoms with Gasteiger partial charge in [0, 0.05) is 18.2 Å². The first-order chi connectivity index (χ1) is 13.2. The van der Waals surface area contributed by atoms with E-state index in [1.807, 2.05) is 12.1 Å². The van der Waals surface area contributed by atoms with Gasteiger partial charge in [-0.3, -0.25) is 0 Å². The van der Waals surface area contributed by atoms with Crippen molar-refractivity contribution in [1.82, 2.24) is 26.1 Å². The zero-order valence-electron chi connectivity index (χ0n) is 15.0. The van der Waals surface area contributed by atoms with Gasteiger partial charge in [0.2, 0.25) is 0 Å². The van der Waals surface area contributed by atoms with E-state index in [4.69, 9.17) is 10.00 Å². The molecular weight excluding hydrogens is 342 g/mol. The maximum absolute atomic E-state index is 8.79. The van der Waals surface area contributed by atoms with Gasteiger partial charge >= 0.3 is 0 Å². The van der Waals surface area contributed by atoms with Gasteiger partial charge in [0.05, 0.1) is 25.2 Å². The first-order valence-electron chi connectivity index (χ1n) is 8.88. The molecule has 1 fully saturated rings. The fraction of sp³-hybridized carbons (Fsp3) is 0.316.